The zero-order chi connectivity index (χ0) is 19.5. The Balaban J connectivity index is 1.35. The van der Waals surface area contributed by atoms with E-state index in [2.05, 4.69) is 10.6 Å². The monoisotopic (exact) mass is 398 g/mol. The van der Waals surface area contributed by atoms with Gasteiger partial charge in [0.2, 0.25) is 0 Å². The quantitative estimate of drug-likeness (QED) is 0.731. The molecule has 0 atom stereocenters. The molecule has 0 bridgehead atoms. The van der Waals surface area contributed by atoms with Crippen LogP contribution in [0.4, 0.5) is 5.69 Å². The summed E-state index contributed by atoms with van der Waals surface area (Å²) < 4.78 is 5.22. The first-order valence-corrected chi connectivity index (χ1v) is 10.5. The van der Waals surface area contributed by atoms with Gasteiger partial charge in [-0.1, -0.05) is 12.1 Å². The largest absolute Gasteiger partial charge is 0.452 e. The van der Waals surface area contributed by atoms with Gasteiger partial charge in [0.25, 0.3) is 11.8 Å². The number of rotatable bonds is 6. The lowest BCUT2D eigenvalue weighted by molar-refractivity contribution is -0.119. The number of hydrogen-bond acceptors (Lipinski definition) is 5. The van der Waals surface area contributed by atoms with Crippen molar-refractivity contribution in [3.63, 3.8) is 0 Å². The number of carbonyl (C=O) groups excluding carboxylic acids is 3. The van der Waals surface area contributed by atoms with Gasteiger partial charge in [0, 0.05) is 16.3 Å². The minimum atomic E-state index is -0.468. The minimum Gasteiger partial charge on any atom is -0.452 e. The van der Waals surface area contributed by atoms with Crippen molar-refractivity contribution in [1.29, 1.82) is 0 Å². The first-order valence-electron chi connectivity index (χ1n) is 9.58. The maximum absolute atomic E-state index is 12.4. The summed E-state index contributed by atoms with van der Waals surface area (Å²) in [5.41, 5.74) is 2.47. The average molecular weight is 398 g/mol. The van der Waals surface area contributed by atoms with E-state index in [1.807, 2.05) is 5.38 Å². The molecular formula is C21H22N2O4S. The highest BCUT2D eigenvalue weighted by Gasteiger charge is 2.25. The molecule has 2 aliphatic rings. The fourth-order valence-corrected chi connectivity index (χ4v) is 4.46. The molecule has 1 fully saturated rings. The summed E-state index contributed by atoms with van der Waals surface area (Å²) in [4.78, 5) is 38.2. The molecule has 1 aromatic carbocycles. The topological polar surface area (TPSA) is 84.5 Å². The Morgan fingerprint density at radius 3 is 2.68 bits per heavy atom. The Labute approximate surface area is 167 Å². The van der Waals surface area contributed by atoms with Crippen LogP contribution in [0.15, 0.2) is 29.6 Å². The van der Waals surface area contributed by atoms with Crippen molar-refractivity contribution >= 4 is 34.8 Å². The third-order valence-electron chi connectivity index (χ3n) is 4.97. The summed E-state index contributed by atoms with van der Waals surface area (Å²) in [5.74, 6) is -1.14. The lowest BCUT2D eigenvalue weighted by atomic mass is 9.96. The Kier molecular flexibility index (Phi) is 5.43. The maximum Gasteiger partial charge on any atom is 0.339 e. The van der Waals surface area contributed by atoms with Crippen LogP contribution < -0.4 is 10.6 Å². The second-order valence-electron chi connectivity index (χ2n) is 7.18. The Bertz CT molecular complexity index is 917. The number of esters is 1. The van der Waals surface area contributed by atoms with Crippen LogP contribution in [0, 0.1) is 0 Å². The van der Waals surface area contributed by atoms with E-state index in [1.54, 1.807) is 35.6 Å². The number of thiophene rings is 1. The first-order chi connectivity index (χ1) is 13.6. The van der Waals surface area contributed by atoms with Gasteiger partial charge in [-0.15, -0.1) is 11.3 Å². The third-order valence-corrected chi connectivity index (χ3v) is 6.06. The Morgan fingerprint density at radius 1 is 1.07 bits per heavy atom. The van der Waals surface area contributed by atoms with Crippen molar-refractivity contribution in [2.24, 2.45) is 0 Å². The van der Waals surface area contributed by atoms with Crippen LogP contribution >= 0.6 is 11.3 Å². The van der Waals surface area contributed by atoms with Crippen LogP contribution in [-0.2, 0) is 22.4 Å². The van der Waals surface area contributed by atoms with Crippen LogP contribution in [0.1, 0.15) is 56.8 Å². The predicted octanol–water partition coefficient (Wildman–Crippen LogP) is 3.31. The molecule has 4 rings (SSSR count). The number of anilines is 1. The molecule has 6 nitrogen and oxygen atoms in total. The van der Waals surface area contributed by atoms with E-state index in [9.17, 15) is 14.4 Å². The van der Waals surface area contributed by atoms with Crippen molar-refractivity contribution in [2.45, 2.75) is 44.6 Å². The average Bonchev–Trinajstić information content (AvgIpc) is 3.41. The van der Waals surface area contributed by atoms with Crippen LogP contribution in [0.2, 0.25) is 0 Å². The van der Waals surface area contributed by atoms with E-state index in [0.29, 0.717) is 16.8 Å². The van der Waals surface area contributed by atoms with Crippen molar-refractivity contribution in [3.05, 3.63) is 51.2 Å². The molecule has 28 heavy (non-hydrogen) atoms. The zero-order valence-electron chi connectivity index (χ0n) is 15.5. The molecular weight excluding hydrogens is 376 g/mol. The van der Waals surface area contributed by atoms with Gasteiger partial charge >= 0.3 is 5.97 Å². The number of ether oxygens (including phenoxy) is 1. The Hall–Kier alpha value is -2.67. The second kappa shape index (κ2) is 8.14. The van der Waals surface area contributed by atoms with E-state index in [4.69, 9.17) is 4.74 Å². The number of nitrogens with one attached hydrogen (secondary N) is 2. The summed E-state index contributed by atoms with van der Waals surface area (Å²) in [6, 6.07) is 7.05. The number of amides is 2. The normalized spacial score (nSPS) is 15.4. The van der Waals surface area contributed by atoms with Gasteiger partial charge in [-0.3, -0.25) is 9.59 Å². The van der Waals surface area contributed by atoms with Gasteiger partial charge in [0.05, 0.1) is 16.8 Å². The molecule has 2 aliphatic carbocycles. The number of para-hydroxylation sites is 1. The summed E-state index contributed by atoms with van der Waals surface area (Å²) in [5, 5.41) is 7.41. The van der Waals surface area contributed by atoms with Crippen LogP contribution in [0.5, 0.6) is 0 Å². The summed E-state index contributed by atoms with van der Waals surface area (Å²) in [6.07, 6.45) is 6.10. The third kappa shape index (κ3) is 4.25. The summed E-state index contributed by atoms with van der Waals surface area (Å²) in [7, 11) is 0. The summed E-state index contributed by atoms with van der Waals surface area (Å²) >= 11 is 1.59. The molecule has 2 aromatic rings. The minimum absolute atomic E-state index is 0.208. The van der Waals surface area contributed by atoms with E-state index in [1.165, 1.54) is 4.88 Å². The van der Waals surface area contributed by atoms with Crippen LogP contribution in [0.3, 0.4) is 0 Å². The molecule has 1 saturated carbocycles. The standard InChI is InChI=1S/C21H22N2O4S/c24-19(11-27-21(26)16-12-28-18-8-4-2-5-14(16)18)23-17-7-3-1-6-15(17)20(25)22-13-9-10-13/h1,3,6-7,12-13H,2,4-5,8-11H2,(H,22,25)(H,23,24). The number of carbonyl (C=O) groups is 3. The molecule has 0 saturated heterocycles. The van der Waals surface area contributed by atoms with Crippen molar-refractivity contribution < 1.29 is 19.1 Å². The predicted molar refractivity (Wildman–Crippen MR) is 107 cm³/mol. The van der Waals surface area contributed by atoms with Crippen LogP contribution in [-0.4, -0.2) is 30.4 Å². The highest BCUT2D eigenvalue weighted by Crippen LogP contribution is 2.30. The SMILES string of the molecule is O=C(COC(=O)c1csc2c1CCCC2)Nc1ccccc1C(=O)NC1CC1. The van der Waals surface area contributed by atoms with Crippen molar-refractivity contribution in [1.82, 2.24) is 5.32 Å². The van der Waals surface area contributed by atoms with Gasteiger partial charge in [-0.25, -0.2) is 4.79 Å². The van der Waals surface area contributed by atoms with E-state index < -0.39 is 11.9 Å². The molecule has 7 heteroatoms. The van der Waals surface area contributed by atoms with E-state index in [-0.39, 0.29) is 18.6 Å². The van der Waals surface area contributed by atoms with Crippen molar-refractivity contribution in [2.75, 3.05) is 11.9 Å². The fraction of sp³-hybridized carbons (Fsp3) is 0.381. The van der Waals surface area contributed by atoms with Crippen LogP contribution in [0.25, 0.3) is 0 Å². The van der Waals surface area contributed by atoms with Gasteiger partial charge in [-0.05, 0) is 56.2 Å². The number of fused-ring (bicyclic) bond motifs is 1. The summed E-state index contributed by atoms with van der Waals surface area (Å²) in [6.45, 7) is -0.387. The van der Waals surface area contributed by atoms with Gasteiger partial charge in [0.15, 0.2) is 6.61 Å². The molecule has 2 amide bonds. The van der Waals surface area contributed by atoms with E-state index in [0.717, 1.165) is 44.1 Å². The van der Waals surface area contributed by atoms with E-state index >= 15 is 0 Å². The zero-order valence-corrected chi connectivity index (χ0v) is 16.3. The highest BCUT2D eigenvalue weighted by atomic mass is 32.1. The number of aryl methyl sites for hydroxylation is 1. The number of benzene rings is 1. The molecule has 0 aliphatic heterocycles. The van der Waals surface area contributed by atoms with Gasteiger partial charge in [-0.2, -0.15) is 0 Å². The second-order valence-corrected chi connectivity index (χ2v) is 8.14. The van der Waals surface area contributed by atoms with Crippen molar-refractivity contribution in [3.8, 4) is 0 Å². The molecule has 0 spiro atoms. The lowest BCUT2D eigenvalue weighted by Crippen LogP contribution is -2.28. The molecule has 1 heterocycles. The number of hydrogen-bond donors (Lipinski definition) is 2. The molecule has 0 radical (unpaired) electrons. The molecule has 1 aromatic heterocycles. The molecule has 146 valence electrons. The maximum atomic E-state index is 12.4. The lowest BCUT2D eigenvalue weighted by Gasteiger charge is -2.13. The molecule has 2 N–H and O–H groups in total. The van der Waals surface area contributed by atoms with Gasteiger partial charge in [0.1, 0.15) is 0 Å². The van der Waals surface area contributed by atoms with Gasteiger partial charge < -0.3 is 15.4 Å². The fourth-order valence-electron chi connectivity index (χ4n) is 3.34. The first kappa shape index (κ1) is 18.7. The Morgan fingerprint density at radius 2 is 1.86 bits per heavy atom. The highest BCUT2D eigenvalue weighted by molar-refractivity contribution is 7.10. The molecule has 0 unspecified atom stereocenters. The smallest absolute Gasteiger partial charge is 0.339 e.